The third kappa shape index (κ3) is 9.39. The normalized spacial score (nSPS) is 21.9. The minimum atomic E-state index is -0.809. The second-order valence-electron chi connectivity index (χ2n) is 21.9. The molecule has 3 aromatic carbocycles. The molecule has 74 heavy (non-hydrogen) atoms. The van der Waals surface area contributed by atoms with Crippen LogP contribution in [0.2, 0.25) is 0 Å². The van der Waals surface area contributed by atoms with Crippen LogP contribution in [-0.2, 0) is 20.9 Å². The third-order valence-corrected chi connectivity index (χ3v) is 16.0. The number of amides is 4. The number of aromatic hydroxyl groups is 1. The van der Waals surface area contributed by atoms with Crippen molar-refractivity contribution in [3.8, 4) is 35.4 Å². The minimum Gasteiger partial charge on any atom is -0.508 e. The summed E-state index contributed by atoms with van der Waals surface area (Å²) >= 11 is 0. The van der Waals surface area contributed by atoms with Crippen molar-refractivity contribution >= 4 is 57.0 Å². The van der Waals surface area contributed by atoms with Gasteiger partial charge in [-0.1, -0.05) is 18.1 Å². The first kappa shape index (κ1) is 49.1. The maximum atomic E-state index is 17.3. The van der Waals surface area contributed by atoms with Crippen molar-refractivity contribution in [2.75, 3.05) is 62.2 Å². The van der Waals surface area contributed by atoms with Gasteiger partial charge in [-0.2, -0.15) is 9.97 Å². The van der Waals surface area contributed by atoms with Gasteiger partial charge in [-0.15, -0.1) is 6.42 Å². The van der Waals surface area contributed by atoms with Crippen LogP contribution >= 0.6 is 0 Å². The number of halogens is 2. The zero-order valence-electron chi connectivity index (χ0n) is 42.0. The average Bonchev–Trinajstić information content (AvgIpc) is 3.85. The number of aromatic nitrogens is 3. The van der Waals surface area contributed by atoms with Crippen LogP contribution in [0.5, 0.6) is 11.8 Å². The summed E-state index contributed by atoms with van der Waals surface area (Å²) in [5, 5.41) is 14.1. The lowest BCUT2D eigenvalue weighted by atomic mass is 9.82. The van der Waals surface area contributed by atoms with Gasteiger partial charge < -0.3 is 29.3 Å². The lowest BCUT2D eigenvalue weighted by molar-refractivity contribution is -0.136. The Bertz CT molecular complexity index is 3110. The van der Waals surface area contributed by atoms with E-state index in [0.717, 1.165) is 82.4 Å². The summed E-state index contributed by atoms with van der Waals surface area (Å²) < 4.78 is 44.5. The number of nitrogens with zero attached hydrogens (tertiary/aromatic N) is 8. The Balaban J connectivity index is 0.751. The molecule has 0 radical (unpaired) electrons. The fraction of sp³-hybridized carbons (Fsp3) is 0.482. The number of benzene rings is 3. The highest BCUT2D eigenvalue weighted by Gasteiger charge is 2.46. The lowest BCUT2D eigenvalue weighted by Gasteiger charge is -2.42. The number of rotatable bonds is 10. The van der Waals surface area contributed by atoms with Crippen LogP contribution in [0.4, 0.5) is 25.1 Å². The number of phenolic OH excluding ortho intramolecular Hbond substituents is 1. The number of nitrogens with one attached hydrogen (secondary N) is 1. The van der Waals surface area contributed by atoms with Crippen molar-refractivity contribution in [2.24, 2.45) is 11.8 Å². The van der Waals surface area contributed by atoms with E-state index in [9.17, 15) is 24.3 Å². The molecule has 5 aromatic rings. The summed E-state index contributed by atoms with van der Waals surface area (Å²) in [4.78, 5) is 75.7. The SMILES string of the molecule is C#Cc1c(F)ccc2cc(O)cc(-c3ncc4c(N5CC6CCC(C5)N6C(=O)OC(C)(C)C)nc(OCCN5CCC(CC6CCN(c7cccc8c7CN(C7CCC(=O)NC7=O)C8=O)CC6)CC5)nc4c3F)c12. The first-order valence-electron chi connectivity index (χ1n) is 26.0. The number of likely N-dealkylation sites (tertiary alicyclic amines) is 1. The van der Waals surface area contributed by atoms with Crippen LogP contribution in [0.3, 0.4) is 0 Å². The Hall–Kier alpha value is -7.13. The molecule has 4 amide bonds. The molecule has 2 N–H and O–H groups in total. The Morgan fingerprint density at radius 2 is 1.64 bits per heavy atom. The van der Waals surface area contributed by atoms with Gasteiger partial charge in [0.1, 0.15) is 46.8 Å². The number of hydrogen-bond donors (Lipinski definition) is 2. The van der Waals surface area contributed by atoms with Gasteiger partial charge in [-0.25, -0.2) is 13.6 Å². The first-order valence-corrected chi connectivity index (χ1v) is 26.0. The molecular formula is C56H61F2N9O7. The molecule has 6 aliphatic heterocycles. The van der Waals surface area contributed by atoms with Crippen LogP contribution in [0.1, 0.15) is 100 Å². The zero-order valence-corrected chi connectivity index (χ0v) is 42.0. The highest BCUT2D eigenvalue weighted by atomic mass is 19.1. The van der Waals surface area contributed by atoms with E-state index in [1.807, 2.05) is 42.7 Å². The monoisotopic (exact) mass is 1010 g/mol. The molecule has 11 rings (SSSR count). The molecule has 2 aromatic heterocycles. The molecule has 2 bridgehead atoms. The Kier molecular flexibility index (Phi) is 13.0. The molecular weight excluding hydrogens is 949 g/mol. The molecule has 0 aliphatic carbocycles. The van der Waals surface area contributed by atoms with Gasteiger partial charge in [0, 0.05) is 79.7 Å². The number of piperidine rings is 3. The molecule has 0 spiro atoms. The molecule has 8 heterocycles. The van der Waals surface area contributed by atoms with Gasteiger partial charge in [0.15, 0.2) is 5.82 Å². The molecule has 3 atom stereocenters. The molecule has 386 valence electrons. The van der Waals surface area contributed by atoms with Crippen LogP contribution in [0, 0.1) is 35.8 Å². The Morgan fingerprint density at radius 1 is 0.905 bits per heavy atom. The molecule has 16 nitrogen and oxygen atoms in total. The van der Waals surface area contributed by atoms with Crippen molar-refractivity contribution in [3.05, 3.63) is 77.0 Å². The number of fused-ring (bicyclic) bond motifs is 5. The highest BCUT2D eigenvalue weighted by Crippen LogP contribution is 2.42. The summed E-state index contributed by atoms with van der Waals surface area (Å²) in [5.74, 6) is 1.52. The third-order valence-electron chi connectivity index (χ3n) is 16.0. The predicted octanol–water partition coefficient (Wildman–Crippen LogP) is 7.56. The number of pyridine rings is 1. The number of carbonyl (C=O) groups excluding carboxylic acids is 4. The van der Waals surface area contributed by atoms with E-state index in [4.69, 9.17) is 20.9 Å². The van der Waals surface area contributed by atoms with Gasteiger partial charge in [-0.05, 0) is 133 Å². The number of imide groups is 1. The summed E-state index contributed by atoms with van der Waals surface area (Å²) in [7, 11) is 0. The van der Waals surface area contributed by atoms with E-state index in [0.29, 0.717) is 66.6 Å². The summed E-state index contributed by atoms with van der Waals surface area (Å²) in [6.07, 6.45) is 14.4. The van der Waals surface area contributed by atoms with Crippen LogP contribution in [0.15, 0.2) is 48.7 Å². The quantitative estimate of drug-likeness (QED) is 0.104. The van der Waals surface area contributed by atoms with Gasteiger partial charge in [-0.3, -0.25) is 34.5 Å². The highest BCUT2D eigenvalue weighted by molar-refractivity contribution is 6.06. The van der Waals surface area contributed by atoms with Gasteiger partial charge in [0.25, 0.3) is 5.91 Å². The minimum absolute atomic E-state index is 0.0125. The van der Waals surface area contributed by atoms with E-state index >= 15 is 8.78 Å². The number of phenols is 1. The zero-order chi connectivity index (χ0) is 51.6. The molecule has 0 saturated carbocycles. The van der Waals surface area contributed by atoms with Crippen LogP contribution < -0.4 is 19.9 Å². The number of piperazine rings is 1. The molecule has 5 fully saturated rings. The molecule has 6 aliphatic rings. The van der Waals surface area contributed by atoms with E-state index in [2.05, 4.69) is 37.1 Å². The van der Waals surface area contributed by atoms with Gasteiger partial charge in [0.05, 0.1) is 23.0 Å². The van der Waals surface area contributed by atoms with E-state index in [1.165, 1.54) is 30.5 Å². The van der Waals surface area contributed by atoms with Crippen molar-refractivity contribution in [1.29, 1.82) is 0 Å². The standard InChI is InChI=1S/C56H61F2N9O7/c1-5-38-43(57)12-9-34-26-37(68)27-40(47(34)38)49-48(58)50-41(28-59-49)51(65-29-35-10-11-36(30-65)67(35)55(72)74-56(2,3)4)62-54(61-50)73-24-23-63-19-15-32(16-20-63)25-33-17-21-64(22-18-33)44-8-6-7-39-42(44)31-66(53(39)71)45-13-14-46(69)60-52(45)70/h1,6-9,12,26-28,32-33,35-36,45,68H,10-11,13-25,29-31H2,2-4H3,(H,60,69,70). The average molecular weight is 1010 g/mol. The van der Waals surface area contributed by atoms with Crippen molar-refractivity contribution in [1.82, 2.24) is 35.0 Å². The molecule has 5 saturated heterocycles. The van der Waals surface area contributed by atoms with E-state index in [1.54, 1.807) is 4.90 Å². The van der Waals surface area contributed by atoms with Crippen molar-refractivity contribution in [2.45, 2.75) is 109 Å². The fourth-order valence-corrected chi connectivity index (χ4v) is 12.4. The smallest absolute Gasteiger partial charge is 0.410 e. The maximum absolute atomic E-state index is 17.3. The van der Waals surface area contributed by atoms with Gasteiger partial charge in [0.2, 0.25) is 11.8 Å². The lowest BCUT2D eigenvalue weighted by Crippen LogP contribution is -2.57. The van der Waals surface area contributed by atoms with Crippen molar-refractivity contribution < 1.29 is 42.5 Å². The first-order chi connectivity index (χ1) is 35.6. The Morgan fingerprint density at radius 3 is 2.34 bits per heavy atom. The molecule has 3 unspecified atom stereocenters. The summed E-state index contributed by atoms with van der Waals surface area (Å²) in [6.45, 7) is 11.2. The topological polar surface area (TPSA) is 174 Å². The number of carbonyl (C=O) groups is 4. The maximum Gasteiger partial charge on any atom is 0.410 e. The Labute approximate surface area is 428 Å². The summed E-state index contributed by atoms with van der Waals surface area (Å²) in [5.41, 5.74) is 1.81. The number of terminal acetylenes is 1. The van der Waals surface area contributed by atoms with Gasteiger partial charge >= 0.3 is 12.1 Å². The van der Waals surface area contributed by atoms with E-state index in [-0.39, 0.29) is 82.5 Å². The van der Waals surface area contributed by atoms with Crippen molar-refractivity contribution in [3.63, 3.8) is 0 Å². The second kappa shape index (κ2) is 19.6. The fourth-order valence-electron chi connectivity index (χ4n) is 12.4. The van der Waals surface area contributed by atoms with E-state index < -0.39 is 29.2 Å². The predicted molar refractivity (Wildman–Crippen MR) is 274 cm³/mol. The second-order valence-corrected chi connectivity index (χ2v) is 21.9. The number of hydrogen-bond acceptors (Lipinski definition) is 13. The number of anilines is 2. The van der Waals surface area contributed by atoms with Crippen LogP contribution in [0.25, 0.3) is 32.9 Å². The largest absolute Gasteiger partial charge is 0.508 e. The number of ether oxygens (including phenoxy) is 2. The summed E-state index contributed by atoms with van der Waals surface area (Å²) in [6, 6.07) is 10.3. The molecule has 18 heteroatoms. The van der Waals surface area contributed by atoms with Crippen LogP contribution in [-0.4, -0.2) is 135 Å².